The van der Waals surface area contributed by atoms with Gasteiger partial charge in [-0.15, -0.1) is 0 Å². The minimum absolute atomic E-state index is 0.222. The van der Waals surface area contributed by atoms with E-state index in [0.29, 0.717) is 0 Å². The normalized spacial score (nSPS) is 12.6. The Morgan fingerprint density at radius 1 is 1.28 bits per heavy atom. The number of carbonyl (C=O) groups excluding carboxylic acids is 2. The molecule has 2 amide bonds. The largest absolute Gasteiger partial charge is 0.480 e. The lowest BCUT2D eigenvalue weighted by Crippen LogP contribution is -2.45. The number of nitrogens with one attached hydrogen (secondary N) is 2. The second-order valence-corrected chi connectivity index (χ2v) is 6.05. The van der Waals surface area contributed by atoms with Gasteiger partial charge in [0.25, 0.3) is 0 Å². The number of carboxylic acid groups (broad SMARTS) is 1. The predicted octanol–water partition coefficient (Wildman–Crippen LogP) is -1.87. The standard InChI is InChI=1S/C9H16N2O6S/c1-6(12)10-5-8(13)11-7(9(14)15)3-4-18(2,16)17/h7H,3-5H2,1-2H3,(H,10,12)(H,11,13)(H,14,15). The molecule has 0 saturated heterocycles. The van der Waals surface area contributed by atoms with Crippen molar-refractivity contribution in [3.63, 3.8) is 0 Å². The predicted molar refractivity (Wildman–Crippen MR) is 62.6 cm³/mol. The molecule has 0 aromatic rings. The Morgan fingerprint density at radius 2 is 1.83 bits per heavy atom. The molecule has 0 aromatic carbocycles. The van der Waals surface area contributed by atoms with Crippen molar-refractivity contribution >= 4 is 27.6 Å². The summed E-state index contributed by atoms with van der Waals surface area (Å²) in [7, 11) is -3.30. The third kappa shape index (κ3) is 8.50. The van der Waals surface area contributed by atoms with Crippen LogP contribution in [0, 0.1) is 0 Å². The summed E-state index contributed by atoms with van der Waals surface area (Å²) in [6.07, 6.45) is 0.755. The van der Waals surface area contributed by atoms with E-state index in [1.807, 2.05) is 0 Å². The Balaban J connectivity index is 4.32. The van der Waals surface area contributed by atoms with Gasteiger partial charge in [0.1, 0.15) is 15.9 Å². The summed E-state index contributed by atoms with van der Waals surface area (Å²) in [5, 5.41) is 13.1. The number of sulfone groups is 1. The molecule has 0 saturated carbocycles. The van der Waals surface area contributed by atoms with E-state index in [1.54, 1.807) is 0 Å². The van der Waals surface area contributed by atoms with E-state index in [2.05, 4.69) is 10.6 Å². The molecular weight excluding hydrogens is 264 g/mol. The van der Waals surface area contributed by atoms with Crippen molar-refractivity contribution in [2.45, 2.75) is 19.4 Å². The van der Waals surface area contributed by atoms with E-state index in [9.17, 15) is 22.8 Å². The van der Waals surface area contributed by atoms with Crippen molar-refractivity contribution in [2.24, 2.45) is 0 Å². The maximum absolute atomic E-state index is 11.2. The summed E-state index contributed by atoms with van der Waals surface area (Å²) in [4.78, 5) is 32.6. The average molecular weight is 280 g/mol. The molecule has 0 bridgehead atoms. The fraction of sp³-hybridized carbons (Fsp3) is 0.667. The van der Waals surface area contributed by atoms with Gasteiger partial charge in [0.15, 0.2) is 0 Å². The van der Waals surface area contributed by atoms with Crippen LogP contribution in [-0.2, 0) is 24.2 Å². The number of carbonyl (C=O) groups is 3. The molecule has 3 N–H and O–H groups in total. The molecule has 0 heterocycles. The topological polar surface area (TPSA) is 130 Å². The molecule has 8 nitrogen and oxygen atoms in total. The van der Waals surface area contributed by atoms with Gasteiger partial charge in [-0.3, -0.25) is 9.59 Å². The van der Waals surface area contributed by atoms with Crippen LogP contribution in [0.1, 0.15) is 13.3 Å². The molecule has 0 aliphatic heterocycles. The lowest BCUT2D eigenvalue weighted by Gasteiger charge is -2.13. The summed E-state index contributed by atoms with van der Waals surface area (Å²) < 4.78 is 21.8. The lowest BCUT2D eigenvalue weighted by atomic mass is 10.2. The van der Waals surface area contributed by atoms with Gasteiger partial charge in [0.2, 0.25) is 11.8 Å². The molecule has 1 atom stereocenters. The van der Waals surface area contributed by atoms with Gasteiger partial charge in [-0.25, -0.2) is 13.2 Å². The molecular formula is C9H16N2O6S. The Labute approximate surface area is 105 Å². The van der Waals surface area contributed by atoms with E-state index >= 15 is 0 Å². The maximum atomic E-state index is 11.2. The van der Waals surface area contributed by atoms with Crippen LogP contribution in [0.2, 0.25) is 0 Å². The van der Waals surface area contributed by atoms with Gasteiger partial charge in [0, 0.05) is 13.2 Å². The maximum Gasteiger partial charge on any atom is 0.326 e. The number of hydrogen-bond donors (Lipinski definition) is 3. The first-order chi connectivity index (χ1) is 8.11. The number of hydrogen-bond acceptors (Lipinski definition) is 5. The molecule has 0 aliphatic carbocycles. The molecule has 104 valence electrons. The van der Waals surface area contributed by atoms with Gasteiger partial charge in [-0.05, 0) is 6.42 Å². The molecule has 0 aliphatic rings. The third-order valence-corrected chi connectivity index (χ3v) is 2.89. The van der Waals surface area contributed by atoms with Crippen molar-refractivity contribution in [2.75, 3.05) is 18.6 Å². The van der Waals surface area contributed by atoms with E-state index < -0.39 is 33.7 Å². The minimum atomic E-state index is -3.30. The average Bonchev–Trinajstić information content (AvgIpc) is 2.19. The third-order valence-electron chi connectivity index (χ3n) is 1.91. The van der Waals surface area contributed by atoms with Crippen LogP contribution in [0.4, 0.5) is 0 Å². The monoisotopic (exact) mass is 280 g/mol. The fourth-order valence-corrected chi connectivity index (χ4v) is 1.70. The Bertz CT molecular complexity index is 430. The van der Waals surface area contributed by atoms with Crippen LogP contribution >= 0.6 is 0 Å². The van der Waals surface area contributed by atoms with Crippen LogP contribution in [-0.4, -0.2) is 55.9 Å². The second kappa shape index (κ2) is 6.94. The number of rotatable bonds is 7. The summed E-state index contributed by atoms with van der Waals surface area (Å²) in [5.41, 5.74) is 0. The highest BCUT2D eigenvalue weighted by molar-refractivity contribution is 7.90. The molecule has 0 fully saturated rings. The quantitative estimate of drug-likeness (QED) is 0.501. The molecule has 18 heavy (non-hydrogen) atoms. The first-order valence-corrected chi connectivity index (χ1v) is 7.12. The fourth-order valence-electron chi connectivity index (χ4n) is 1.04. The first-order valence-electron chi connectivity index (χ1n) is 5.06. The van der Waals surface area contributed by atoms with Gasteiger partial charge in [-0.2, -0.15) is 0 Å². The first kappa shape index (κ1) is 16.4. The summed E-state index contributed by atoms with van der Waals surface area (Å²) in [6.45, 7) is 0.865. The highest BCUT2D eigenvalue weighted by Crippen LogP contribution is 1.97. The molecule has 0 aromatic heterocycles. The van der Waals surface area contributed by atoms with Gasteiger partial charge < -0.3 is 15.7 Å². The number of aliphatic carboxylic acids is 1. The Kier molecular flexibility index (Phi) is 6.31. The van der Waals surface area contributed by atoms with Gasteiger partial charge >= 0.3 is 5.97 Å². The number of carboxylic acids is 1. The minimum Gasteiger partial charge on any atom is -0.480 e. The van der Waals surface area contributed by atoms with Gasteiger partial charge in [0.05, 0.1) is 12.3 Å². The van der Waals surface area contributed by atoms with Crippen molar-refractivity contribution in [1.82, 2.24) is 10.6 Å². The van der Waals surface area contributed by atoms with Crippen molar-refractivity contribution in [3.8, 4) is 0 Å². The Hall–Kier alpha value is -1.64. The van der Waals surface area contributed by atoms with E-state index in [0.717, 1.165) is 6.26 Å². The summed E-state index contributed by atoms with van der Waals surface area (Å²) in [5.74, 6) is -2.78. The molecule has 9 heteroatoms. The van der Waals surface area contributed by atoms with E-state index in [-0.39, 0.29) is 18.7 Å². The van der Waals surface area contributed by atoms with Gasteiger partial charge in [-0.1, -0.05) is 0 Å². The van der Waals surface area contributed by atoms with Crippen molar-refractivity contribution in [3.05, 3.63) is 0 Å². The molecule has 0 radical (unpaired) electrons. The summed E-state index contributed by atoms with van der Waals surface area (Å²) in [6, 6.07) is -1.29. The Morgan fingerprint density at radius 3 is 2.22 bits per heavy atom. The lowest BCUT2D eigenvalue weighted by molar-refractivity contribution is -0.141. The zero-order valence-corrected chi connectivity index (χ0v) is 10.9. The van der Waals surface area contributed by atoms with Crippen LogP contribution in [0.3, 0.4) is 0 Å². The molecule has 0 spiro atoms. The number of amides is 2. The second-order valence-electron chi connectivity index (χ2n) is 3.79. The van der Waals surface area contributed by atoms with Crippen LogP contribution in [0.25, 0.3) is 0 Å². The molecule has 1 unspecified atom stereocenters. The van der Waals surface area contributed by atoms with Crippen LogP contribution in [0.15, 0.2) is 0 Å². The van der Waals surface area contributed by atoms with Crippen molar-refractivity contribution < 1.29 is 27.9 Å². The smallest absolute Gasteiger partial charge is 0.326 e. The zero-order chi connectivity index (χ0) is 14.3. The van der Waals surface area contributed by atoms with Crippen LogP contribution in [0.5, 0.6) is 0 Å². The van der Waals surface area contributed by atoms with Crippen LogP contribution < -0.4 is 10.6 Å². The summed E-state index contributed by atoms with van der Waals surface area (Å²) >= 11 is 0. The van der Waals surface area contributed by atoms with Crippen molar-refractivity contribution in [1.29, 1.82) is 0 Å². The highest BCUT2D eigenvalue weighted by Gasteiger charge is 2.21. The SMILES string of the molecule is CC(=O)NCC(=O)NC(CCS(C)(=O)=O)C(=O)O. The van der Waals surface area contributed by atoms with E-state index in [4.69, 9.17) is 5.11 Å². The highest BCUT2D eigenvalue weighted by atomic mass is 32.2. The molecule has 0 rings (SSSR count). The van der Waals surface area contributed by atoms with E-state index in [1.165, 1.54) is 6.92 Å². The zero-order valence-electron chi connectivity index (χ0n) is 10.1.